The van der Waals surface area contributed by atoms with Crippen LogP contribution in [0.2, 0.25) is 0 Å². The fourth-order valence-corrected chi connectivity index (χ4v) is 2.40. The molecule has 0 N–H and O–H groups in total. The number of rotatable bonds is 5. The first-order valence-corrected chi connectivity index (χ1v) is 8.13. The molecular weight excluding hydrogens is 352 g/mol. The van der Waals surface area contributed by atoms with Crippen molar-refractivity contribution < 1.29 is 28.2 Å². The molecule has 0 aliphatic carbocycles. The van der Waals surface area contributed by atoms with E-state index in [1.807, 2.05) is 0 Å². The number of hydrogen-bond acceptors (Lipinski definition) is 7. The van der Waals surface area contributed by atoms with E-state index in [9.17, 15) is 14.4 Å². The van der Waals surface area contributed by atoms with Crippen LogP contribution in [0.15, 0.2) is 57.7 Å². The van der Waals surface area contributed by atoms with Crippen molar-refractivity contribution in [2.24, 2.45) is 0 Å². The molecule has 27 heavy (non-hydrogen) atoms. The van der Waals surface area contributed by atoms with Crippen LogP contribution in [0.1, 0.15) is 27.6 Å². The van der Waals surface area contributed by atoms with Crippen molar-refractivity contribution in [1.82, 2.24) is 0 Å². The van der Waals surface area contributed by atoms with Gasteiger partial charge in [0.1, 0.15) is 22.6 Å². The van der Waals surface area contributed by atoms with E-state index in [1.165, 1.54) is 19.2 Å². The SMILES string of the molecule is CCOC(=O)c1cc2ccc(OC(=O)c3ccc(OC)cc3)cc2oc1=O. The van der Waals surface area contributed by atoms with E-state index in [-0.39, 0.29) is 23.5 Å². The number of esters is 2. The molecule has 3 rings (SSSR count). The lowest BCUT2D eigenvalue weighted by Crippen LogP contribution is -2.16. The Labute approximate surface area is 154 Å². The van der Waals surface area contributed by atoms with E-state index in [2.05, 4.69) is 0 Å². The molecule has 3 aromatic rings. The quantitative estimate of drug-likeness (QED) is 0.388. The summed E-state index contributed by atoms with van der Waals surface area (Å²) in [6.45, 7) is 1.79. The Bertz CT molecular complexity index is 1050. The van der Waals surface area contributed by atoms with Crippen LogP contribution in [-0.2, 0) is 4.74 Å². The van der Waals surface area contributed by atoms with Crippen LogP contribution in [0, 0.1) is 0 Å². The second-order valence-corrected chi connectivity index (χ2v) is 5.49. The van der Waals surface area contributed by atoms with Crippen LogP contribution >= 0.6 is 0 Å². The molecule has 0 saturated heterocycles. The van der Waals surface area contributed by atoms with Crippen molar-refractivity contribution in [3.8, 4) is 11.5 Å². The molecule has 0 radical (unpaired) electrons. The van der Waals surface area contributed by atoms with Gasteiger partial charge in [-0.05, 0) is 49.4 Å². The predicted molar refractivity (Wildman–Crippen MR) is 96.4 cm³/mol. The van der Waals surface area contributed by atoms with Gasteiger partial charge in [0.05, 0.1) is 19.3 Å². The molecule has 7 heteroatoms. The van der Waals surface area contributed by atoms with Crippen LogP contribution in [0.25, 0.3) is 11.0 Å². The molecule has 138 valence electrons. The van der Waals surface area contributed by atoms with Crippen molar-refractivity contribution in [1.29, 1.82) is 0 Å². The minimum atomic E-state index is -0.820. The third kappa shape index (κ3) is 3.98. The Morgan fingerprint density at radius 3 is 2.33 bits per heavy atom. The summed E-state index contributed by atoms with van der Waals surface area (Å²) < 4.78 is 20.3. The summed E-state index contributed by atoms with van der Waals surface area (Å²) in [4.78, 5) is 36.0. The van der Waals surface area contributed by atoms with Gasteiger partial charge >= 0.3 is 17.6 Å². The third-order valence-electron chi connectivity index (χ3n) is 3.74. The predicted octanol–water partition coefficient (Wildman–Crippen LogP) is 3.20. The number of methoxy groups -OCH3 is 1. The third-order valence-corrected chi connectivity index (χ3v) is 3.74. The highest BCUT2D eigenvalue weighted by atomic mass is 16.5. The first kappa shape index (κ1) is 18.2. The average molecular weight is 368 g/mol. The molecule has 0 amide bonds. The Balaban J connectivity index is 1.85. The van der Waals surface area contributed by atoms with E-state index in [0.29, 0.717) is 16.7 Å². The van der Waals surface area contributed by atoms with Gasteiger partial charge in [-0.2, -0.15) is 0 Å². The molecule has 0 bridgehead atoms. The van der Waals surface area contributed by atoms with E-state index in [4.69, 9.17) is 18.6 Å². The van der Waals surface area contributed by atoms with Crippen LogP contribution in [-0.4, -0.2) is 25.7 Å². The second kappa shape index (κ2) is 7.74. The fraction of sp³-hybridized carbons (Fsp3) is 0.150. The van der Waals surface area contributed by atoms with Crippen LogP contribution in [0.5, 0.6) is 11.5 Å². The van der Waals surface area contributed by atoms with E-state index in [1.54, 1.807) is 43.3 Å². The van der Waals surface area contributed by atoms with Gasteiger partial charge in [0.15, 0.2) is 0 Å². The van der Waals surface area contributed by atoms with E-state index >= 15 is 0 Å². The lowest BCUT2D eigenvalue weighted by molar-refractivity contribution is 0.0521. The van der Waals surface area contributed by atoms with Gasteiger partial charge in [0.25, 0.3) is 0 Å². The minimum Gasteiger partial charge on any atom is -0.497 e. The first-order valence-electron chi connectivity index (χ1n) is 8.13. The van der Waals surface area contributed by atoms with Gasteiger partial charge in [0, 0.05) is 11.5 Å². The number of carbonyl (C=O) groups is 2. The minimum absolute atomic E-state index is 0.149. The van der Waals surface area contributed by atoms with E-state index in [0.717, 1.165) is 0 Å². The summed E-state index contributed by atoms with van der Waals surface area (Å²) in [5.41, 5.74) is -0.477. The average Bonchev–Trinajstić information content (AvgIpc) is 2.67. The first-order chi connectivity index (χ1) is 13.0. The summed E-state index contributed by atoms with van der Waals surface area (Å²) in [5.74, 6) is -0.488. The van der Waals surface area contributed by atoms with Crippen LogP contribution in [0.4, 0.5) is 0 Å². The van der Waals surface area contributed by atoms with Crippen molar-refractivity contribution in [3.05, 3.63) is 70.1 Å². The molecule has 1 heterocycles. The standard InChI is InChI=1S/C20H16O7/c1-3-25-19(22)16-10-13-6-9-15(11-17(13)27-20(16)23)26-18(21)12-4-7-14(24-2)8-5-12/h4-11H,3H2,1-2H3. The lowest BCUT2D eigenvalue weighted by Gasteiger charge is -2.07. The summed E-state index contributed by atoms with van der Waals surface area (Å²) in [7, 11) is 1.53. The highest BCUT2D eigenvalue weighted by Gasteiger charge is 2.16. The number of hydrogen-bond donors (Lipinski definition) is 0. The topological polar surface area (TPSA) is 92.0 Å². The maximum Gasteiger partial charge on any atom is 0.351 e. The van der Waals surface area contributed by atoms with Gasteiger partial charge in [-0.1, -0.05) is 0 Å². The fourth-order valence-electron chi connectivity index (χ4n) is 2.40. The van der Waals surface area contributed by atoms with Crippen LogP contribution in [0.3, 0.4) is 0 Å². The Morgan fingerprint density at radius 1 is 0.963 bits per heavy atom. The van der Waals surface area contributed by atoms with Gasteiger partial charge < -0.3 is 18.6 Å². The molecule has 0 aliphatic heterocycles. The smallest absolute Gasteiger partial charge is 0.351 e. The second-order valence-electron chi connectivity index (χ2n) is 5.49. The lowest BCUT2D eigenvalue weighted by atomic mass is 10.2. The summed E-state index contributed by atoms with van der Waals surface area (Å²) >= 11 is 0. The van der Waals surface area contributed by atoms with Crippen LogP contribution < -0.4 is 15.1 Å². The number of fused-ring (bicyclic) bond motifs is 1. The van der Waals surface area contributed by atoms with Gasteiger partial charge in [-0.15, -0.1) is 0 Å². The molecule has 0 atom stereocenters. The van der Waals surface area contributed by atoms with Crippen molar-refractivity contribution in [2.75, 3.05) is 13.7 Å². The zero-order valence-corrected chi connectivity index (χ0v) is 14.7. The maximum absolute atomic E-state index is 12.2. The molecule has 0 unspecified atom stereocenters. The molecule has 2 aromatic carbocycles. The summed E-state index contributed by atoms with van der Waals surface area (Å²) in [6.07, 6.45) is 0. The number of ether oxygens (including phenoxy) is 3. The molecule has 1 aromatic heterocycles. The summed E-state index contributed by atoms with van der Waals surface area (Å²) in [6, 6.07) is 12.4. The van der Waals surface area contributed by atoms with E-state index < -0.39 is 17.6 Å². The van der Waals surface area contributed by atoms with Gasteiger partial charge in [-0.25, -0.2) is 14.4 Å². The molecule has 7 nitrogen and oxygen atoms in total. The summed E-state index contributed by atoms with van der Waals surface area (Å²) in [5, 5.41) is 0.502. The zero-order chi connectivity index (χ0) is 19.4. The van der Waals surface area contributed by atoms with Crippen molar-refractivity contribution in [3.63, 3.8) is 0 Å². The number of benzene rings is 2. The van der Waals surface area contributed by atoms with Crippen molar-refractivity contribution >= 4 is 22.9 Å². The molecule has 0 aliphatic rings. The van der Waals surface area contributed by atoms with Gasteiger partial charge in [-0.3, -0.25) is 0 Å². The van der Waals surface area contributed by atoms with Gasteiger partial charge in [0.2, 0.25) is 0 Å². The van der Waals surface area contributed by atoms with Crippen molar-refractivity contribution in [2.45, 2.75) is 6.92 Å². The number of carbonyl (C=O) groups excluding carboxylic acids is 2. The monoisotopic (exact) mass is 368 g/mol. The maximum atomic E-state index is 12.2. The highest BCUT2D eigenvalue weighted by molar-refractivity contribution is 5.94. The largest absolute Gasteiger partial charge is 0.497 e. The molecular formula is C20H16O7. The highest BCUT2D eigenvalue weighted by Crippen LogP contribution is 2.22. The molecule has 0 fully saturated rings. The Hall–Kier alpha value is -3.61. The molecule has 0 saturated carbocycles. The molecule has 0 spiro atoms. The Morgan fingerprint density at radius 2 is 1.67 bits per heavy atom. The normalized spacial score (nSPS) is 10.4. The Kier molecular flexibility index (Phi) is 5.21. The zero-order valence-electron chi connectivity index (χ0n) is 14.7.